The number of rotatable bonds is 3. The zero-order chi connectivity index (χ0) is 6.83. The van der Waals surface area contributed by atoms with Crippen molar-refractivity contribution < 1.29 is 69.9 Å². The van der Waals surface area contributed by atoms with Crippen LogP contribution < -0.4 is 51.4 Å². The van der Waals surface area contributed by atoms with Crippen LogP contribution in [-0.4, -0.2) is 0 Å². The van der Waals surface area contributed by atoms with Gasteiger partial charge in [0.05, 0.1) is 0 Å². The number of hydrogen-bond donors (Lipinski definition) is 0. The minimum Gasteiger partial charge on any atom is -1.00 e. The van der Waals surface area contributed by atoms with Gasteiger partial charge in [-0.05, 0) is 0 Å². The molecule has 3 heteroatoms. The number of unbranched alkanes of at least 4 members (excludes halogenated alkanes) is 3. The third kappa shape index (κ3) is 33.4. The van der Waals surface area contributed by atoms with E-state index in [0.29, 0.717) is 0 Å². The van der Waals surface area contributed by atoms with Crippen LogP contribution in [0.25, 0.3) is 0 Å². The second-order valence-electron chi connectivity index (χ2n) is 1.71. The maximum Gasteiger partial charge on any atom is 1.00 e. The fourth-order valence-electron chi connectivity index (χ4n) is 0.500. The van der Waals surface area contributed by atoms with Gasteiger partial charge < -0.3 is 13.3 Å². The van der Waals surface area contributed by atoms with Crippen molar-refractivity contribution in [3.05, 3.63) is 6.57 Å². The predicted molar refractivity (Wildman–Crippen MR) is 35.9 cm³/mol. The summed E-state index contributed by atoms with van der Waals surface area (Å²) in [6.07, 6.45) is 5.54. The van der Waals surface area contributed by atoms with E-state index >= 15 is 0 Å². The Labute approximate surface area is 119 Å². The molecule has 0 aliphatic heterocycles. The molecule has 0 radical (unpaired) electrons. The Morgan fingerprint density at radius 3 is 1.40 bits per heavy atom. The molecule has 0 atom stereocenters. The SMILES string of the molecule is CCCCCC.[C-]#N.[Fe].[H-].[K+]. The monoisotopic (exact) mass is 208 g/mol. The van der Waals surface area contributed by atoms with Gasteiger partial charge in [-0.15, -0.1) is 0 Å². The normalized spacial score (nSPS) is 5.60. The van der Waals surface area contributed by atoms with E-state index in [-0.39, 0.29) is 69.9 Å². The topological polar surface area (TPSA) is 23.8 Å². The van der Waals surface area contributed by atoms with Crippen LogP contribution >= 0.6 is 0 Å². The summed E-state index contributed by atoms with van der Waals surface area (Å²) in [5.74, 6) is 0. The predicted octanol–water partition coefficient (Wildman–Crippen LogP) is -0.203. The molecular formula is C7H15FeKN-. The molecule has 0 amide bonds. The Morgan fingerprint density at radius 2 is 1.30 bits per heavy atom. The molecule has 0 unspecified atom stereocenters. The molecule has 0 saturated carbocycles. The first-order valence-electron chi connectivity index (χ1n) is 3.14. The van der Waals surface area contributed by atoms with Gasteiger partial charge in [-0.2, -0.15) is 0 Å². The quantitative estimate of drug-likeness (QED) is 0.358. The maximum atomic E-state index is 6.25. The summed E-state index contributed by atoms with van der Waals surface area (Å²) in [6.45, 7) is 9.21. The van der Waals surface area contributed by atoms with E-state index in [9.17, 15) is 0 Å². The largest absolute Gasteiger partial charge is 1.00 e. The molecule has 0 rings (SSSR count). The average molecular weight is 208 g/mol. The smallest absolute Gasteiger partial charge is 1.00 e. The van der Waals surface area contributed by atoms with Crippen molar-refractivity contribution in [1.82, 2.24) is 0 Å². The van der Waals surface area contributed by atoms with Crippen LogP contribution in [0, 0.1) is 11.8 Å². The molecule has 0 N–H and O–H groups in total. The summed E-state index contributed by atoms with van der Waals surface area (Å²) < 4.78 is 0. The van der Waals surface area contributed by atoms with E-state index in [2.05, 4.69) is 13.8 Å². The van der Waals surface area contributed by atoms with Crippen molar-refractivity contribution in [2.75, 3.05) is 0 Å². The fraction of sp³-hybridized carbons (Fsp3) is 0.857. The molecule has 0 aromatic heterocycles. The summed E-state index contributed by atoms with van der Waals surface area (Å²) in [5, 5.41) is 6.25. The second-order valence-corrected chi connectivity index (χ2v) is 1.71. The molecule has 0 aromatic rings. The van der Waals surface area contributed by atoms with Crippen molar-refractivity contribution >= 4 is 0 Å². The van der Waals surface area contributed by atoms with Crippen molar-refractivity contribution in [2.45, 2.75) is 39.5 Å². The number of hydrogen-bond acceptors (Lipinski definition) is 1. The minimum atomic E-state index is 0. The van der Waals surface area contributed by atoms with Gasteiger partial charge in [0.25, 0.3) is 0 Å². The van der Waals surface area contributed by atoms with Crippen LogP contribution in [0.3, 0.4) is 0 Å². The first kappa shape index (κ1) is 22.6. The van der Waals surface area contributed by atoms with E-state index in [1.165, 1.54) is 25.7 Å². The van der Waals surface area contributed by atoms with Gasteiger partial charge in [-0.1, -0.05) is 39.5 Å². The third-order valence-electron chi connectivity index (χ3n) is 0.957. The summed E-state index contributed by atoms with van der Waals surface area (Å²) in [5.41, 5.74) is 0. The Morgan fingerprint density at radius 1 is 1.10 bits per heavy atom. The Kier molecular flexibility index (Phi) is 70.2. The van der Waals surface area contributed by atoms with Gasteiger partial charge in [-0.25, -0.2) is 0 Å². The zero-order valence-corrected chi connectivity index (χ0v) is 11.4. The van der Waals surface area contributed by atoms with E-state index in [1.54, 1.807) is 0 Å². The van der Waals surface area contributed by atoms with Gasteiger partial charge in [0.15, 0.2) is 0 Å². The van der Waals surface area contributed by atoms with Crippen molar-refractivity contribution in [3.63, 3.8) is 0 Å². The molecule has 0 spiro atoms. The first-order chi connectivity index (χ1) is 3.91. The van der Waals surface area contributed by atoms with Crippen molar-refractivity contribution in [3.8, 4) is 0 Å². The van der Waals surface area contributed by atoms with Crippen LogP contribution in [0.2, 0.25) is 0 Å². The van der Waals surface area contributed by atoms with Gasteiger partial charge >= 0.3 is 51.4 Å². The molecule has 0 bridgehead atoms. The summed E-state index contributed by atoms with van der Waals surface area (Å²) >= 11 is 0. The standard InChI is InChI=1S/C6H14.CN.Fe.K.H/c1-3-5-6-4-2;1-2;;;/h3-6H2,1-2H3;;;;/q;-1;;+1;-1. The Bertz CT molecular complexity index is 49.0. The Balaban J connectivity index is -0.0000000222. The van der Waals surface area contributed by atoms with Crippen LogP contribution in [0.5, 0.6) is 0 Å². The summed E-state index contributed by atoms with van der Waals surface area (Å²) in [4.78, 5) is 0. The third-order valence-corrected chi connectivity index (χ3v) is 0.957. The van der Waals surface area contributed by atoms with E-state index in [0.717, 1.165) is 0 Å². The minimum absolute atomic E-state index is 0. The molecule has 10 heavy (non-hydrogen) atoms. The summed E-state index contributed by atoms with van der Waals surface area (Å²) in [7, 11) is 0. The van der Waals surface area contributed by atoms with Crippen LogP contribution in [-0.2, 0) is 17.1 Å². The molecule has 0 aliphatic carbocycles. The Hall–Kier alpha value is 1.65. The average Bonchev–Trinajstić information content (AvgIpc) is 1.88. The fourth-order valence-corrected chi connectivity index (χ4v) is 0.500. The van der Waals surface area contributed by atoms with Crippen LogP contribution in [0.15, 0.2) is 0 Å². The van der Waals surface area contributed by atoms with Crippen LogP contribution in [0.1, 0.15) is 41.0 Å². The first-order valence-corrected chi connectivity index (χ1v) is 3.14. The van der Waals surface area contributed by atoms with Gasteiger partial charge in [0.1, 0.15) is 0 Å². The number of nitrogens with zero attached hydrogens (tertiary/aromatic N) is 1. The molecule has 0 saturated heterocycles. The molecule has 0 fully saturated rings. The van der Waals surface area contributed by atoms with Crippen molar-refractivity contribution in [1.29, 1.82) is 5.26 Å². The molecule has 0 aliphatic rings. The van der Waals surface area contributed by atoms with E-state index < -0.39 is 0 Å². The zero-order valence-electron chi connectivity index (χ0n) is 8.13. The van der Waals surface area contributed by atoms with Gasteiger partial charge in [0, 0.05) is 17.1 Å². The van der Waals surface area contributed by atoms with Gasteiger partial charge in [-0.3, -0.25) is 0 Å². The van der Waals surface area contributed by atoms with E-state index in [4.69, 9.17) is 11.8 Å². The molecule has 0 heterocycles. The molecular weight excluding hydrogens is 193 g/mol. The van der Waals surface area contributed by atoms with Crippen molar-refractivity contribution in [2.24, 2.45) is 0 Å². The summed E-state index contributed by atoms with van der Waals surface area (Å²) in [6, 6.07) is 0. The molecule has 58 valence electrons. The second kappa shape index (κ2) is 31.1. The molecule has 0 aromatic carbocycles. The van der Waals surface area contributed by atoms with E-state index in [1.807, 2.05) is 0 Å². The van der Waals surface area contributed by atoms with Gasteiger partial charge in [0.2, 0.25) is 0 Å². The molecule has 1 nitrogen and oxygen atoms in total. The van der Waals surface area contributed by atoms with Crippen LogP contribution in [0.4, 0.5) is 0 Å². The maximum absolute atomic E-state index is 6.25.